The number of hydrogen-bond acceptors (Lipinski definition) is 4. The van der Waals surface area contributed by atoms with Gasteiger partial charge in [0, 0.05) is 39.1 Å². The number of halogens is 1. The van der Waals surface area contributed by atoms with Crippen LogP contribution in [0.2, 0.25) is 0 Å². The summed E-state index contributed by atoms with van der Waals surface area (Å²) in [4.78, 5) is 22.5. The third-order valence-electron chi connectivity index (χ3n) is 4.84. The van der Waals surface area contributed by atoms with Gasteiger partial charge in [-0.3, -0.25) is 9.79 Å². The quantitative estimate of drug-likeness (QED) is 0.313. The number of benzene rings is 1. The summed E-state index contributed by atoms with van der Waals surface area (Å²) in [7, 11) is 3.21. The Labute approximate surface area is 176 Å². The Morgan fingerprint density at radius 3 is 2.81 bits per heavy atom. The predicted octanol–water partition coefficient (Wildman–Crippen LogP) is 2.31. The van der Waals surface area contributed by atoms with E-state index in [1.807, 2.05) is 22.9 Å². The van der Waals surface area contributed by atoms with Crippen LogP contribution in [-0.4, -0.2) is 53.6 Å². The number of imidazole rings is 1. The number of aliphatic imine (C=N–C) groups is 1. The van der Waals surface area contributed by atoms with Gasteiger partial charge in [-0.1, -0.05) is 25.1 Å². The van der Waals surface area contributed by atoms with E-state index < -0.39 is 0 Å². The second-order valence-electron chi connectivity index (χ2n) is 6.51. The van der Waals surface area contributed by atoms with Gasteiger partial charge in [0.15, 0.2) is 5.96 Å². The van der Waals surface area contributed by atoms with Gasteiger partial charge in [0.25, 0.3) is 0 Å². The minimum absolute atomic E-state index is 0. The van der Waals surface area contributed by atoms with Crippen molar-refractivity contribution in [2.45, 2.75) is 13.5 Å². The molecule has 1 saturated heterocycles. The van der Waals surface area contributed by atoms with Gasteiger partial charge in [0.2, 0.25) is 0 Å². The first-order valence-corrected chi connectivity index (χ1v) is 8.73. The van der Waals surface area contributed by atoms with Crippen LogP contribution in [0.25, 0.3) is 5.69 Å². The zero-order chi connectivity index (χ0) is 18.5. The molecule has 3 rings (SSSR count). The summed E-state index contributed by atoms with van der Waals surface area (Å²) >= 11 is 0. The number of guanidine groups is 1. The van der Waals surface area contributed by atoms with Crippen molar-refractivity contribution in [1.82, 2.24) is 19.8 Å². The van der Waals surface area contributed by atoms with Gasteiger partial charge in [-0.05, 0) is 17.5 Å². The molecule has 2 unspecified atom stereocenters. The Kier molecular flexibility index (Phi) is 7.64. The zero-order valence-electron chi connectivity index (χ0n) is 15.8. The molecule has 0 radical (unpaired) electrons. The number of methoxy groups -OCH3 is 1. The highest BCUT2D eigenvalue weighted by Crippen LogP contribution is 2.24. The van der Waals surface area contributed by atoms with Gasteiger partial charge in [-0.2, -0.15) is 0 Å². The van der Waals surface area contributed by atoms with Crippen LogP contribution in [0, 0.1) is 11.8 Å². The van der Waals surface area contributed by atoms with Gasteiger partial charge in [-0.25, -0.2) is 4.98 Å². The monoisotopic (exact) mass is 483 g/mol. The summed E-state index contributed by atoms with van der Waals surface area (Å²) in [5.41, 5.74) is 2.22. The number of rotatable bonds is 4. The Balaban J connectivity index is 0.00000261. The summed E-state index contributed by atoms with van der Waals surface area (Å²) in [5.74, 6) is 0.764. The van der Waals surface area contributed by atoms with E-state index >= 15 is 0 Å². The molecule has 0 saturated carbocycles. The fourth-order valence-corrected chi connectivity index (χ4v) is 3.42. The number of carbonyl (C=O) groups is 1. The maximum Gasteiger partial charge on any atom is 0.310 e. The highest BCUT2D eigenvalue weighted by atomic mass is 127. The lowest BCUT2D eigenvalue weighted by atomic mass is 9.99. The van der Waals surface area contributed by atoms with E-state index in [9.17, 15) is 4.79 Å². The smallest absolute Gasteiger partial charge is 0.310 e. The van der Waals surface area contributed by atoms with E-state index in [0.29, 0.717) is 13.1 Å². The topological polar surface area (TPSA) is 71.8 Å². The minimum Gasteiger partial charge on any atom is -0.469 e. The Morgan fingerprint density at radius 2 is 2.15 bits per heavy atom. The average molecular weight is 483 g/mol. The first-order valence-electron chi connectivity index (χ1n) is 8.73. The SMILES string of the molecule is CN=C(NCc1ccccc1-n1ccnc1)N1CC(C)C(C(=O)OC)C1.I. The van der Waals surface area contributed by atoms with Gasteiger partial charge in [0.05, 0.1) is 25.0 Å². The molecule has 1 fully saturated rings. The van der Waals surface area contributed by atoms with E-state index in [0.717, 1.165) is 23.8 Å². The molecule has 0 bridgehead atoms. The number of esters is 1. The second kappa shape index (κ2) is 9.72. The Hall–Kier alpha value is -2.10. The summed E-state index contributed by atoms with van der Waals surface area (Å²) in [6.45, 7) is 4.11. The molecule has 2 aromatic rings. The number of likely N-dealkylation sites (tertiary alicyclic amines) is 1. The van der Waals surface area contributed by atoms with Crippen LogP contribution < -0.4 is 5.32 Å². The molecule has 8 heteroatoms. The van der Waals surface area contributed by atoms with Gasteiger partial charge in [-0.15, -0.1) is 24.0 Å². The van der Waals surface area contributed by atoms with Gasteiger partial charge in [0.1, 0.15) is 0 Å². The third-order valence-corrected chi connectivity index (χ3v) is 4.84. The number of nitrogens with zero attached hydrogens (tertiary/aromatic N) is 4. The molecule has 146 valence electrons. The molecular weight excluding hydrogens is 457 g/mol. The van der Waals surface area contributed by atoms with E-state index in [4.69, 9.17) is 4.74 Å². The summed E-state index contributed by atoms with van der Waals surface area (Å²) < 4.78 is 6.91. The fraction of sp³-hybridized carbons (Fsp3) is 0.421. The standard InChI is InChI=1S/C19H25N5O2.HI/c1-14-11-24(12-16(14)18(25)26-3)19(20-2)22-10-15-6-4-5-7-17(15)23-9-8-21-13-23;/h4-9,13-14,16H,10-12H2,1-3H3,(H,20,22);1H. The fourth-order valence-electron chi connectivity index (χ4n) is 3.42. The first kappa shape index (κ1) is 21.2. The molecule has 1 aliphatic heterocycles. The van der Waals surface area contributed by atoms with Crippen molar-refractivity contribution in [2.75, 3.05) is 27.2 Å². The molecule has 1 aromatic carbocycles. The number of para-hydroxylation sites is 1. The Bertz CT molecular complexity index is 778. The lowest BCUT2D eigenvalue weighted by Gasteiger charge is -2.22. The van der Waals surface area contributed by atoms with Crippen LogP contribution >= 0.6 is 24.0 Å². The maximum absolute atomic E-state index is 11.9. The molecule has 1 N–H and O–H groups in total. The van der Waals surface area contributed by atoms with E-state index in [-0.39, 0.29) is 41.8 Å². The van der Waals surface area contributed by atoms with Gasteiger partial charge >= 0.3 is 5.97 Å². The van der Waals surface area contributed by atoms with Crippen LogP contribution in [0.1, 0.15) is 12.5 Å². The van der Waals surface area contributed by atoms with Crippen molar-refractivity contribution >= 4 is 35.9 Å². The Morgan fingerprint density at radius 1 is 1.37 bits per heavy atom. The van der Waals surface area contributed by atoms with E-state index in [1.165, 1.54) is 7.11 Å². The molecule has 1 aromatic heterocycles. The average Bonchev–Trinajstić information content (AvgIpc) is 3.32. The van der Waals surface area contributed by atoms with Crippen molar-refractivity contribution < 1.29 is 9.53 Å². The number of carbonyl (C=O) groups excluding carboxylic acids is 1. The zero-order valence-corrected chi connectivity index (χ0v) is 18.2. The molecule has 2 atom stereocenters. The normalized spacial score (nSPS) is 19.5. The lowest BCUT2D eigenvalue weighted by molar-refractivity contribution is -0.145. The molecule has 1 aliphatic rings. The number of hydrogen-bond donors (Lipinski definition) is 1. The molecule has 7 nitrogen and oxygen atoms in total. The molecule has 0 spiro atoms. The minimum atomic E-state index is -0.152. The van der Waals surface area contributed by atoms with Crippen LogP contribution in [0.4, 0.5) is 0 Å². The highest BCUT2D eigenvalue weighted by molar-refractivity contribution is 14.0. The van der Waals surface area contributed by atoms with Crippen molar-refractivity contribution in [3.63, 3.8) is 0 Å². The van der Waals surface area contributed by atoms with Crippen molar-refractivity contribution in [1.29, 1.82) is 0 Å². The number of aromatic nitrogens is 2. The lowest BCUT2D eigenvalue weighted by Crippen LogP contribution is -2.40. The van der Waals surface area contributed by atoms with Crippen molar-refractivity contribution in [2.24, 2.45) is 16.8 Å². The van der Waals surface area contributed by atoms with E-state index in [2.05, 4.69) is 39.2 Å². The number of ether oxygens (including phenoxy) is 1. The maximum atomic E-state index is 11.9. The van der Waals surface area contributed by atoms with Crippen LogP contribution in [0.3, 0.4) is 0 Å². The summed E-state index contributed by atoms with van der Waals surface area (Å²) in [6, 6.07) is 8.17. The largest absolute Gasteiger partial charge is 0.469 e. The summed E-state index contributed by atoms with van der Waals surface area (Å²) in [6.07, 6.45) is 5.48. The van der Waals surface area contributed by atoms with Crippen LogP contribution in [0.15, 0.2) is 48.0 Å². The third kappa shape index (κ3) is 4.79. The van der Waals surface area contributed by atoms with Crippen molar-refractivity contribution in [3.05, 3.63) is 48.5 Å². The van der Waals surface area contributed by atoms with Gasteiger partial charge < -0.3 is 19.5 Å². The van der Waals surface area contributed by atoms with Crippen molar-refractivity contribution in [3.8, 4) is 5.69 Å². The molecule has 27 heavy (non-hydrogen) atoms. The predicted molar refractivity (Wildman–Crippen MR) is 115 cm³/mol. The summed E-state index contributed by atoms with van der Waals surface area (Å²) in [5, 5.41) is 3.42. The van der Waals surface area contributed by atoms with E-state index in [1.54, 1.807) is 19.6 Å². The van der Waals surface area contributed by atoms with Crippen LogP contribution in [0.5, 0.6) is 0 Å². The molecular formula is C19H26IN5O2. The van der Waals surface area contributed by atoms with Crippen LogP contribution in [-0.2, 0) is 16.1 Å². The second-order valence-corrected chi connectivity index (χ2v) is 6.51. The highest BCUT2D eigenvalue weighted by Gasteiger charge is 2.36. The molecule has 0 aliphatic carbocycles. The first-order chi connectivity index (χ1) is 12.6. The number of nitrogens with one attached hydrogen (secondary N) is 1. The molecule has 2 heterocycles. The molecule has 0 amide bonds.